The summed E-state index contributed by atoms with van der Waals surface area (Å²) in [6, 6.07) is 5.90. The van der Waals surface area contributed by atoms with Gasteiger partial charge in [0.05, 0.1) is 18.9 Å². The van der Waals surface area contributed by atoms with Gasteiger partial charge in [-0.1, -0.05) is 12.5 Å². The molecular formula is C15H22N2O2. The van der Waals surface area contributed by atoms with Gasteiger partial charge in [0.25, 0.3) is 0 Å². The molecule has 19 heavy (non-hydrogen) atoms. The summed E-state index contributed by atoms with van der Waals surface area (Å²) in [4.78, 5) is 6.89. The molecule has 2 heterocycles. The molecule has 0 amide bonds. The summed E-state index contributed by atoms with van der Waals surface area (Å²) in [5.74, 6) is 1.82. The fourth-order valence-electron chi connectivity index (χ4n) is 3.55. The lowest BCUT2D eigenvalue weighted by Gasteiger charge is -2.28. The Morgan fingerprint density at radius 2 is 2.26 bits per heavy atom. The molecule has 0 spiro atoms. The Labute approximate surface area is 114 Å². The van der Waals surface area contributed by atoms with Gasteiger partial charge in [-0.15, -0.1) is 0 Å². The van der Waals surface area contributed by atoms with Crippen molar-refractivity contribution in [2.75, 3.05) is 20.2 Å². The molecule has 1 aromatic rings. The van der Waals surface area contributed by atoms with Crippen LogP contribution in [0, 0.1) is 11.8 Å². The first-order chi connectivity index (χ1) is 9.26. The van der Waals surface area contributed by atoms with Crippen LogP contribution >= 0.6 is 0 Å². The maximum atomic E-state index is 10.1. The van der Waals surface area contributed by atoms with Crippen molar-refractivity contribution in [2.45, 2.75) is 31.9 Å². The van der Waals surface area contributed by atoms with Gasteiger partial charge >= 0.3 is 0 Å². The Kier molecular flexibility index (Phi) is 3.71. The minimum absolute atomic E-state index is 0.0954. The minimum atomic E-state index is -0.0954. The van der Waals surface area contributed by atoms with Crippen molar-refractivity contribution in [2.24, 2.45) is 11.8 Å². The number of aromatic nitrogens is 1. The van der Waals surface area contributed by atoms with Gasteiger partial charge in [-0.05, 0) is 24.8 Å². The van der Waals surface area contributed by atoms with E-state index in [-0.39, 0.29) is 6.10 Å². The van der Waals surface area contributed by atoms with Gasteiger partial charge in [-0.25, -0.2) is 4.98 Å². The first kappa shape index (κ1) is 12.9. The third-order valence-electron chi connectivity index (χ3n) is 4.51. The molecule has 2 aliphatic rings. The maximum absolute atomic E-state index is 10.1. The SMILES string of the molecule is COc1cccc(CN2C[C@H]3CCC[C@@H](O)[C@H]3C2)n1. The molecule has 2 fully saturated rings. The number of aliphatic hydroxyl groups excluding tert-OH is 1. The van der Waals surface area contributed by atoms with Crippen LogP contribution in [0.4, 0.5) is 0 Å². The second-order valence-electron chi connectivity index (χ2n) is 5.79. The average Bonchev–Trinajstić information content (AvgIpc) is 2.83. The molecule has 1 N–H and O–H groups in total. The van der Waals surface area contributed by atoms with E-state index in [0.717, 1.165) is 31.7 Å². The molecule has 1 saturated heterocycles. The van der Waals surface area contributed by atoms with E-state index < -0.39 is 0 Å². The van der Waals surface area contributed by atoms with Crippen LogP contribution in [-0.4, -0.2) is 41.3 Å². The van der Waals surface area contributed by atoms with Crippen molar-refractivity contribution in [3.63, 3.8) is 0 Å². The zero-order valence-corrected chi connectivity index (χ0v) is 11.5. The molecule has 4 nitrogen and oxygen atoms in total. The number of hydrogen-bond acceptors (Lipinski definition) is 4. The van der Waals surface area contributed by atoms with E-state index in [2.05, 4.69) is 9.88 Å². The van der Waals surface area contributed by atoms with Gasteiger partial charge in [0.1, 0.15) is 0 Å². The highest BCUT2D eigenvalue weighted by Crippen LogP contribution is 2.36. The zero-order valence-electron chi connectivity index (χ0n) is 11.5. The highest BCUT2D eigenvalue weighted by Gasteiger charge is 2.39. The van der Waals surface area contributed by atoms with E-state index >= 15 is 0 Å². The standard InChI is InChI=1S/C15H22N2O2/c1-19-15-7-3-5-12(16-15)9-17-8-11-4-2-6-14(18)13(11)10-17/h3,5,7,11,13-14,18H,2,4,6,8-10H2,1H3/t11-,13+,14-/m1/s1. The summed E-state index contributed by atoms with van der Waals surface area (Å²) >= 11 is 0. The summed E-state index contributed by atoms with van der Waals surface area (Å²) in [5, 5.41) is 10.1. The van der Waals surface area contributed by atoms with E-state index in [1.165, 1.54) is 12.8 Å². The average molecular weight is 262 g/mol. The van der Waals surface area contributed by atoms with Crippen molar-refractivity contribution in [3.8, 4) is 5.88 Å². The molecule has 4 heteroatoms. The fraction of sp³-hybridized carbons (Fsp3) is 0.667. The van der Waals surface area contributed by atoms with E-state index in [1.54, 1.807) is 7.11 Å². The third kappa shape index (κ3) is 2.74. The Hall–Kier alpha value is -1.13. The van der Waals surface area contributed by atoms with Crippen molar-refractivity contribution >= 4 is 0 Å². The summed E-state index contributed by atoms with van der Waals surface area (Å²) in [6.07, 6.45) is 3.33. The monoisotopic (exact) mass is 262 g/mol. The fourth-order valence-corrected chi connectivity index (χ4v) is 3.55. The molecule has 3 rings (SSSR count). The van der Waals surface area contributed by atoms with Crippen molar-refractivity contribution < 1.29 is 9.84 Å². The van der Waals surface area contributed by atoms with E-state index in [1.807, 2.05) is 18.2 Å². The van der Waals surface area contributed by atoms with Gasteiger partial charge in [-0.2, -0.15) is 0 Å². The van der Waals surface area contributed by atoms with Crippen LogP contribution in [0.3, 0.4) is 0 Å². The topological polar surface area (TPSA) is 45.6 Å². The lowest BCUT2D eigenvalue weighted by Crippen LogP contribution is -2.31. The summed E-state index contributed by atoms with van der Waals surface area (Å²) < 4.78 is 5.16. The summed E-state index contributed by atoms with van der Waals surface area (Å²) in [5.41, 5.74) is 1.05. The molecule has 0 radical (unpaired) electrons. The molecular weight excluding hydrogens is 240 g/mol. The number of ether oxygens (including phenoxy) is 1. The predicted octanol–water partition coefficient (Wildman–Crippen LogP) is 1.68. The highest BCUT2D eigenvalue weighted by molar-refractivity contribution is 5.15. The highest BCUT2D eigenvalue weighted by atomic mass is 16.5. The lowest BCUT2D eigenvalue weighted by atomic mass is 9.80. The van der Waals surface area contributed by atoms with Crippen LogP contribution in [0.2, 0.25) is 0 Å². The predicted molar refractivity (Wildman–Crippen MR) is 72.9 cm³/mol. The molecule has 1 aliphatic carbocycles. The second-order valence-corrected chi connectivity index (χ2v) is 5.79. The van der Waals surface area contributed by atoms with Gasteiger partial charge < -0.3 is 9.84 Å². The van der Waals surface area contributed by atoms with Crippen molar-refractivity contribution in [3.05, 3.63) is 23.9 Å². The van der Waals surface area contributed by atoms with Gasteiger partial charge in [0, 0.05) is 31.6 Å². The van der Waals surface area contributed by atoms with Crippen molar-refractivity contribution in [1.82, 2.24) is 9.88 Å². The van der Waals surface area contributed by atoms with Crippen molar-refractivity contribution in [1.29, 1.82) is 0 Å². The molecule has 0 aromatic carbocycles. The Bertz CT molecular complexity index is 438. The molecule has 1 aromatic heterocycles. The maximum Gasteiger partial charge on any atom is 0.213 e. The number of aliphatic hydroxyl groups is 1. The number of hydrogen-bond donors (Lipinski definition) is 1. The molecule has 104 valence electrons. The van der Waals surface area contributed by atoms with Gasteiger partial charge in [-0.3, -0.25) is 4.90 Å². The van der Waals surface area contributed by atoms with E-state index in [4.69, 9.17) is 4.74 Å². The van der Waals surface area contributed by atoms with E-state index in [9.17, 15) is 5.11 Å². The lowest BCUT2D eigenvalue weighted by molar-refractivity contribution is 0.0547. The van der Waals surface area contributed by atoms with Crippen LogP contribution in [0.1, 0.15) is 25.0 Å². The normalized spacial score (nSPS) is 31.2. The largest absolute Gasteiger partial charge is 0.481 e. The van der Waals surface area contributed by atoms with Gasteiger partial charge in [0.2, 0.25) is 5.88 Å². The first-order valence-electron chi connectivity index (χ1n) is 7.16. The zero-order chi connectivity index (χ0) is 13.2. The van der Waals surface area contributed by atoms with Crippen LogP contribution in [-0.2, 0) is 6.54 Å². The number of pyridine rings is 1. The molecule has 3 atom stereocenters. The Balaban J connectivity index is 1.64. The summed E-state index contributed by atoms with van der Waals surface area (Å²) in [6.45, 7) is 2.96. The van der Waals surface area contributed by atoms with Crippen LogP contribution in [0.15, 0.2) is 18.2 Å². The smallest absolute Gasteiger partial charge is 0.213 e. The number of nitrogens with zero attached hydrogens (tertiary/aromatic N) is 2. The van der Waals surface area contributed by atoms with Crippen LogP contribution < -0.4 is 4.74 Å². The van der Waals surface area contributed by atoms with Crippen LogP contribution in [0.25, 0.3) is 0 Å². The molecule has 1 saturated carbocycles. The number of methoxy groups -OCH3 is 1. The Morgan fingerprint density at radius 3 is 3.05 bits per heavy atom. The molecule has 0 bridgehead atoms. The number of rotatable bonds is 3. The second kappa shape index (κ2) is 5.47. The first-order valence-corrected chi connectivity index (χ1v) is 7.16. The molecule has 1 aliphatic heterocycles. The third-order valence-corrected chi connectivity index (χ3v) is 4.51. The summed E-state index contributed by atoms with van der Waals surface area (Å²) in [7, 11) is 1.65. The number of fused-ring (bicyclic) bond motifs is 1. The van der Waals surface area contributed by atoms with E-state index in [0.29, 0.717) is 17.7 Å². The molecule has 0 unspecified atom stereocenters. The number of likely N-dealkylation sites (tertiary alicyclic amines) is 1. The minimum Gasteiger partial charge on any atom is -0.481 e. The Morgan fingerprint density at radius 1 is 1.37 bits per heavy atom. The quantitative estimate of drug-likeness (QED) is 0.900. The van der Waals surface area contributed by atoms with Crippen LogP contribution in [0.5, 0.6) is 5.88 Å². The van der Waals surface area contributed by atoms with Gasteiger partial charge in [0.15, 0.2) is 0 Å².